The molecule has 0 spiro atoms. The molecule has 5 heteroatoms. The molecule has 0 amide bonds. The van der Waals surface area contributed by atoms with Crippen LogP contribution in [0.15, 0.2) is 73.1 Å². The van der Waals surface area contributed by atoms with Crippen LogP contribution in [-0.2, 0) is 13.1 Å². The summed E-state index contributed by atoms with van der Waals surface area (Å²) in [5, 5.41) is 9.09. The van der Waals surface area contributed by atoms with E-state index in [0.717, 1.165) is 31.7 Å². The van der Waals surface area contributed by atoms with Gasteiger partial charge in [-0.2, -0.15) is 0 Å². The van der Waals surface area contributed by atoms with Crippen molar-refractivity contribution in [2.45, 2.75) is 39.0 Å². The van der Waals surface area contributed by atoms with Gasteiger partial charge in [-0.15, -0.1) is 0 Å². The van der Waals surface area contributed by atoms with E-state index >= 15 is 0 Å². The van der Waals surface area contributed by atoms with Crippen LogP contribution in [0.2, 0.25) is 0 Å². The van der Waals surface area contributed by atoms with Crippen molar-refractivity contribution in [2.75, 3.05) is 13.1 Å². The summed E-state index contributed by atoms with van der Waals surface area (Å²) in [4.78, 5) is 20.3. The highest BCUT2D eigenvalue weighted by atomic mass is 16.4. The molecule has 4 rings (SSSR count). The minimum absolute atomic E-state index is 0.336. The Bertz CT molecular complexity index is 1010. The average Bonchev–Trinajstić information content (AvgIpc) is 2.77. The maximum absolute atomic E-state index is 11.1. The van der Waals surface area contributed by atoms with Gasteiger partial charge in [0.2, 0.25) is 0 Å². The molecule has 0 aliphatic carbocycles. The Hall–Kier alpha value is -3.02. The van der Waals surface area contributed by atoms with Gasteiger partial charge in [0.15, 0.2) is 0 Å². The average molecular weight is 416 g/mol. The second-order valence-corrected chi connectivity index (χ2v) is 8.46. The number of carbonyl (C=O) groups is 1. The van der Waals surface area contributed by atoms with Gasteiger partial charge < -0.3 is 5.11 Å². The van der Waals surface area contributed by atoms with Crippen molar-refractivity contribution >= 4 is 5.97 Å². The third kappa shape index (κ3) is 5.01. The Balaban J connectivity index is 1.44. The third-order valence-corrected chi connectivity index (χ3v) is 6.15. The Morgan fingerprint density at radius 3 is 2.23 bits per heavy atom. The molecule has 0 saturated carbocycles. The molecule has 3 aromatic rings. The number of aromatic carboxylic acids is 1. The Labute approximate surface area is 184 Å². The molecule has 0 bridgehead atoms. The molecule has 5 nitrogen and oxygen atoms in total. The van der Waals surface area contributed by atoms with Crippen molar-refractivity contribution in [3.63, 3.8) is 0 Å². The van der Waals surface area contributed by atoms with Gasteiger partial charge in [0.1, 0.15) is 0 Å². The summed E-state index contributed by atoms with van der Waals surface area (Å²) < 4.78 is 0. The second kappa shape index (κ2) is 9.41. The van der Waals surface area contributed by atoms with Crippen molar-refractivity contribution in [1.29, 1.82) is 0 Å². The number of nitrogens with zero attached hydrogens (tertiary/aromatic N) is 3. The fourth-order valence-corrected chi connectivity index (χ4v) is 4.59. The maximum atomic E-state index is 11.1. The number of hydrogen-bond acceptors (Lipinski definition) is 4. The quantitative estimate of drug-likeness (QED) is 0.640. The number of rotatable bonds is 6. The molecule has 1 aromatic heterocycles. The monoisotopic (exact) mass is 415 g/mol. The molecule has 2 aromatic carbocycles. The molecule has 31 heavy (non-hydrogen) atoms. The Morgan fingerprint density at radius 2 is 1.58 bits per heavy atom. The van der Waals surface area contributed by atoms with Crippen LogP contribution in [-0.4, -0.2) is 51.0 Å². The van der Waals surface area contributed by atoms with Crippen LogP contribution in [0.3, 0.4) is 0 Å². The van der Waals surface area contributed by atoms with Gasteiger partial charge in [0.25, 0.3) is 0 Å². The van der Waals surface area contributed by atoms with E-state index < -0.39 is 5.97 Å². The predicted octanol–water partition coefficient (Wildman–Crippen LogP) is 4.54. The van der Waals surface area contributed by atoms with Gasteiger partial charge in [-0.3, -0.25) is 14.8 Å². The van der Waals surface area contributed by atoms with Crippen LogP contribution in [0.1, 0.15) is 35.3 Å². The van der Waals surface area contributed by atoms with Gasteiger partial charge in [0, 0.05) is 50.7 Å². The van der Waals surface area contributed by atoms with Crippen molar-refractivity contribution in [3.8, 4) is 11.1 Å². The first-order chi connectivity index (χ1) is 15.0. The normalized spacial score (nSPS) is 19.9. The van der Waals surface area contributed by atoms with E-state index in [1.165, 1.54) is 16.7 Å². The zero-order valence-corrected chi connectivity index (χ0v) is 18.1. The van der Waals surface area contributed by atoms with Crippen LogP contribution >= 0.6 is 0 Å². The van der Waals surface area contributed by atoms with Gasteiger partial charge in [-0.25, -0.2) is 4.79 Å². The molecule has 0 radical (unpaired) electrons. The lowest BCUT2D eigenvalue weighted by Crippen LogP contribution is -2.55. The van der Waals surface area contributed by atoms with E-state index in [1.54, 1.807) is 12.1 Å². The van der Waals surface area contributed by atoms with E-state index in [0.29, 0.717) is 17.6 Å². The number of benzene rings is 2. The molecule has 1 aliphatic heterocycles. The maximum Gasteiger partial charge on any atom is 0.335 e. The molecule has 1 saturated heterocycles. The summed E-state index contributed by atoms with van der Waals surface area (Å²) in [5.41, 5.74) is 5.30. The zero-order valence-electron chi connectivity index (χ0n) is 18.1. The summed E-state index contributed by atoms with van der Waals surface area (Å²) >= 11 is 0. The SMILES string of the molecule is C[C@@H]1CN(Cc2ccc(C(=O)O)cc2)C[C@H](C)N1Cc1ccccc1-c1ccncc1. The minimum atomic E-state index is -0.880. The predicted molar refractivity (Wildman–Crippen MR) is 123 cm³/mol. The van der Waals surface area contributed by atoms with Gasteiger partial charge >= 0.3 is 5.97 Å². The fourth-order valence-electron chi connectivity index (χ4n) is 4.59. The van der Waals surface area contributed by atoms with E-state index in [2.05, 4.69) is 65.0 Å². The van der Waals surface area contributed by atoms with E-state index in [1.807, 2.05) is 24.5 Å². The molecule has 1 fully saturated rings. The van der Waals surface area contributed by atoms with Gasteiger partial charge in [0.05, 0.1) is 5.56 Å². The number of pyridine rings is 1. The highest BCUT2D eigenvalue weighted by molar-refractivity contribution is 5.87. The van der Waals surface area contributed by atoms with Crippen molar-refractivity contribution in [2.24, 2.45) is 0 Å². The molecular formula is C26H29N3O2. The molecular weight excluding hydrogens is 386 g/mol. The van der Waals surface area contributed by atoms with Gasteiger partial charge in [-0.1, -0.05) is 36.4 Å². The number of hydrogen-bond donors (Lipinski definition) is 1. The van der Waals surface area contributed by atoms with Crippen LogP contribution < -0.4 is 0 Å². The van der Waals surface area contributed by atoms with Crippen LogP contribution in [0, 0.1) is 0 Å². The highest BCUT2D eigenvalue weighted by Gasteiger charge is 2.29. The van der Waals surface area contributed by atoms with Gasteiger partial charge in [-0.05, 0) is 60.4 Å². The van der Waals surface area contributed by atoms with Crippen LogP contribution in [0.25, 0.3) is 11.1 Å². The smallest absolute Gasteiger partial charge is 0.335 e. The van der Waals surface area contributed by atoms with Crippen molar-refractivity contribution in [3.05, 3.63) is 89.7 Å². The molecule has 1 aliphatic rings. The first-order valence-corrected chi connectivity index (χ1v) is 10.8. The van der Waals surface area contributed by atoms with Crippen LogP contribution in [0.4, 0.5) is 0 Å². The highest BCUT2D eigenvalue weighted by Crippen LogP contribution is 2.27. The van der Waals surface area contributed by atoms with E-state index in [-0.39, 0.29) is 0 Å². The number of aromatic nitrogens is 1. The lowest BCUT2D eigenvalue weighted by atomic mass is 9.98. The molecule has 2 heterocycles. The lowest BCUT2D eigenvalue weighted by molar-refractivity contribution is 0.0291. The molecule has 2 atom stereocenters. The summed E-state index contributed by atoms with van der Waals surface area (Å²) in [7, 11) is 0. The largest absolute Gasteiger partial charge is 0.478 e. The number of carboxylic acid groups (broad SMARTS) is 1. The first-order valence-electron chi connectivity index (χ1n) is 10.8. The van der Waals surface area contributed by atoms with Crippen molar-refractivity contribution in [1.82, 2.24) is 14.8 Å². The van der Waals surface area contributed by atoms with E-state index in [4.69, 9.17) is 5.11 Å². The van der Waals surface area contributed by atoms with E-state index in [9.17, 15) is 4.79 Å². The molecule has 160 valence electrons. The third-order valence-electron chi connectivity index (χ3n) is 6.15. The Kier molecular flexibility index (Phi) is 6.44. The standard InChI is InChI=1S/C26H29N3O2/c1-19-15-28(17-21-7-9-23(10-8-21)26(30)31)16-20(2)29(19)18-24-5-3-4-6-25(24)22-11-13-27-14-12-22/h3-14,19-20H,15-18H2,1-2H3,(H,30,31)/t19-,20+. The number of piperazine rings is 1. The number of carboxylic acids is 1. The molecule has 0 unspecified atom stereocenters. The summed E-state index contributed by atoms with van der Waals surface area (Å²) in [6.07, 6.45) is 3.69. The first kappa shape index (κ1) is 21.2. The van der Waals surface area contributed by atoms with Crippen molar-refractivity contribution < 1.29 is 9.90 Å². The van der Waals surface area contributed by atoms with Crippen LogP contribution in [0.5, 0.6) is 0 Å². The fraction of sp³-hybridized carbons (Fsp3) is 0.308. The topological polar surface area (TPSA) is 56.7 Å². The summed E-state index contributed by atoms with van der Waals surface area (Å²) in [6, 6.07) is 20.9. The minimum Gasteiger partial charge on any atom is -0.478 e. The second-order valence-electron chi connectivity index (χ2n) is 8.46. The molecule has 1 N–H and O–H groups in total. The summed E-state index contributed by atoms with van der Waals surface area (Å²) in [5.74, 6) is -0.880. The zero-order chi connectivity index (χ0) is 21.8. The summed E-state index contributed by atoms with van der Waals surface area (Å²) in [6.45, 7) is 8.33. The lowest BCUT2D eigenvalue weighted by Gasteiger charge is -2.44. The Morgan fingerprint density at radius 1 is 0.935 bits per heavy atom.